The summed E-state index contributed by atoms with van der Waals surface area (Å²) in [4.78, 5) is 10.5. The van der Waals surface area contributed by atoms with Crippen LogP contribution >= 0.6 is 0 Å². The highest BCUT2D eigenvalue weighted by Gasteiger charge is 2.12. The van der Waals surface area contributed by atoms with E-state index < -0.39 is 5.97 Å². The Balaban J connectivity index is 2.24. The van der Waals surface area contributed by atoms with E-state index in [9.17, 15) is 9.90 Å². The number of aromatic carboxylic acids is 1. The van der Waals surface area contributed by atoms with Crippen LogP contribution in [0.4, 0.5) is 0 Å². The first-order valence-electron chi connectivity index (χ1n) is 4.79. The van der Waals surface area contributed by atoms with Gasteiger partial charge in [0.25, 0.3) is 0 Å². The molecular weight excluding hydrogens is 210 g/mol. The first kappa shape index (κ1) is 10.5. The third kappa shape index (κ3) is 1.84. The number of nitrogens with zero attached hydrogens (tertiary/aromatic N) is 1. The van der Waals surface area contributed by atoms with Crippen LogP contribution in [-0.4, -0.2) is 11.1 Å². The van der Waals surface area contributed by atoms with Crippen molar-refractivity contribution in [1.29, 1.82) is 0 Å². The average Bonchev–Trinajstić information content (AvgIpc) is 2.80. The summed E-state index contributed by atoms with van der Waals surface area (Å²) in [5.41, 5.74) is 1.70. The number of hydrogen-bond acceptors (Lipinski definition) is 5. The third-order valence-electron chi connectivity index (χ3n) is 2.40. The summed E-state index contributed by atoms with van der Waals surface area (Å²) in [5, 5.41) is 14.3. The van der Waals surface area contributed by atoms with E-state index in [4.69, 9.17) is 8.94 Å². The van der Waals surface area contributed by atoms with Crippen LogP contribution in [-0.2, 0) is 6.42 Å². The lowest BCUT2D eigenvalue weighted by atomic mass is 10.1. The predicted molar refractivity (Wildman–Crippen MR) is 51.8 cm³/mol. The van der Waals surface area contributed by atoms with Crippen LogP contribution in [0.5, 0.6) is 0 Å². The Kier molecular flexibility index (Phi) is 2.52. The molecule has 0 saturated heterocycles. The Morgan fingerprint density at radius 1 is 1.44 bits per heavy atom. The Labute approximate surface area is 91.7 Å². The summed E-state index contributed by atoms with van der Waals surface area (Å²) >= 11 is 0. The van der Waals surface area contributed by atoms with E-state index in [1.165, 1.54) is 6.07 Å². The quantitative estimate of drug-likeness (QED) is 0.765. The average molecular weight is 220 g/mol. The van der Waals surface area contributed by atoms with Gasteiger partial charge in [-0.1, -0.05) is 5.16 Å². The lowest BCUT2D eigenvalue weighted by Crippen LogP contribution is -2.21. The fourth-order valence-electron chi connectivity index (χ4n) is 1.51. The van der Waals surface area contributed by atoms with Gasteiger partial charge in [0.05, 0.1) is 5.69 Å². The fourth-order valence-corrected chi connectivity index (χ4v) is 1.51. The van der Waals surface area contributed by atoms with Gasteiger partial charge < -0.3 is 18.8 Å². The minimum atomic E-state index is -1.31. The molecule has 0 aliphatic carbocycles. The molecule has 0 radical (unpaired) electrons. The molecule has 0 bridgehead atoms. The van der Waals surface area contributed by atoms with Crippen LogP contribution in [0.25, 0.3) is 0 Å². The van der Waals surface area contributed by atoms with E-state index >= 15 is 0 Å². The zero-order chi connectivity index (χ0) is 11.7. The highest BCUT2D eigenvalue weighted by molar-refractivity contribution is 5.82. The van der Waals surface area contributed by atoms with Crippen molar-refractivity contribution in [2.24, 2.45) is 0 Å². The highest BCUT2D eigenvalue weighted by Crippen LogP contribution is 2.18. The van der Waals surface area contributed by atoms with Crippen LogP contribution in [0.15, 0.2) is 21.1 Å². The van der Waals surface area contributed by atoms with E-state index in [1.54, 1.807) is 13.0 Å². The van der Waals surface area contributed by atoms with Gasteiger partial charge in [0.2, 0.25) is 0 Å². The SMILES string of the molecule is Cc1noc(C)c1Cc1ccc(C(=O)[O-])o1. The molecule has 0 saturated carbocycles. The molecule has 0 aliphatic rings. The first-order chi connectivity index (χ1) is 7.58. The number of aromatic nitrogens is 1. The first-order valence-corrected chi connectivity index (χ1v) is 4.79. The number of hydrogen-bond donors (Lipinski definition) is 0. The normalized spacial score (nSPS) is 10.6. The Bertz CT molecular complexity index is 504. The molecule has 2 aromatic heterocycles. The molecule has 16 heavy (non-hydrogen) atoms. The molecule has 0 aliphatic heterocycles. The van der Waals surface area contributed by atoms with Crippen LogP contribution < -0.4 is 5.11 Å². The number of carbonyl (C=O) groups excluding carboxylic acids is 1. The number of carboxylic acid groups (broad SMARTS) is 1. The third-order valence-corrected chi connectivity index (χ3v) is 2.40. The molecule has 2 heterocycles. The van der Waals surface area contributed by atoms with Crippen LogP contribution in [0.3, 0.4) is 0 Å². The van der Waals surface area contributed by atoms with Crippen molar-refractivity contribution < 1.29 is 18.8 Å². The second-order valence-electron chi connectivity index (χ2n) is 3.53. The molecule has 0 atom stereocenters. The lowest BCUT2D eigenvalue weighted by Gasteiger charge is -1.97. The Morgan fingerprint density at radius 2 is 2.19 bits per heavy atom. The molecule has 0 fully saturated rings. The number of rotatable bonds is 3. The summed E-state index contributed by atoms with van der Waals surface area (Å²) in [6, 6.07) is 2.99. The minimum absolute atomic E-state index is 0.165. The molecular formula is C11H10NO4-. The van der Waals surface area contributed by atoms with Crippen molar-refractivity contribution in [3.8, 4) is 0 Å². The smallest absolute Gasteiger partial charge is 0.149 e. The van der Waals surface area contributed by atoms with E-state index in [0.717, 1.165) is 11.3 Å². The predicted octanol–water partition coefficient (Wildman–Crippen LogP) is 0.839. The van der Waals surface area contributed by atoms with Crippen molar-refractivity contribution in [1.82, 2.24) is 5.16 Å². The molecule has 5 nitrogen and oxygen atoms in total. The van der Waals surface area contributed by atoms with E-state index in [-0.39, 0.29) is 5.76 Å². The van der Waals surface area contributed by atoms with E-state index in [2.05, 4.69) is 5.16 Å². The zero-order valence-electron chi connectivity index (χ0n) is 8.94. The second-order valence-corrected chi connectivity index (χ2v) is 3.53. The van der Waals surface area contributed by atoms with Gasteiger partial charge in [-0.3, -0.25) is 0 Å². The number of carboxylic acids is 1. The molecule has 0 amide bonds. The van der Waals surface area contributed by atoms with Crippen LogP contribution in [0, 0.1) is 13.8 Å². The largest absolute Gasteiger partial charge is 0.542 e. The number of carbonyl (C=O) groups is 1. The maximum absolute atomic E-state index is 10.5. The standard InChI is InChI=1S/C11H11NO4/c1-6-9(7(2)16-12-6)5-8-3-4-10(15-8)11(13)14/h3-4H,5H2,1-2H3,(H,13,14)/p-1. The minimum Gasteiger partial charge on any atom is -0.542 e. The lowest BCUT2D eigenvalue weighted by molar-refractivity contribution is -0.257. The second kappa shape index (κ2) is 3.84. The van der Waals surface area contributed by atoms with Gasteiger partial charge >= 0.3 is 0 Å². The number of aryl methyl sites for hydroxylation is 2. The van der Waals surface area contributed by atoms with Gasteiger partial charge in [-0.2, -0.15) is 0 Å². The maximum atomic E-state index is 10.5. The summed E-state index contributed by atoms with van der Waals surface area (Å²) in [6.07, 6.45) is 0.467. The van der Waals surface area contributed by atoms with Crippen molar-refractivity contribution in [2.75, 3.05) is 0 Å². The summed E-state index contributed by atoms with van der Waals surface area (Å²) in [6.45, 7) is 3.63. The van der Waals surface area contributed by atoms with Crippen molar-refractivity contribution in [2.45, 2.75) is 20.3 Å². The van der Waals surface area contributed by atoms with Crippen LogP contribution in [0.1, 0.15) is 33.3 Å². The summed E-state index contributed by atoms with van der Waals surface area (Å²) in [7, 11) is 0. The Hall–Kier alpha value is -2.04. The van der Waals surface area contributed by atoms with E-state index in [0.29, 0.717) is 17.9 Å². The molecule has 0 unspecified atom stereocenters. The van der Waals surface area contributed by atoms with Crippen molar-refractivity contribution >= 4 is 5.97 Å². The molecule has 84 valence electrons. The summed E-state index contributed by atoms with van der Waals surface area (Å²) < 4.78 is 10.1. The fraction of sp³-hybridized carbons (Fsp3) is 0.273. The Morgan fingerprint density at radius 3 is 2.69 bits per heavy atom. The van der Waals surface area contributed by atoms with Gasteiger partial charge in [0.15, 0.2) is 0 Å². The molecule has 2 aromatic rings. The molecule has 0 N–H and O–H groups in total. The molecule has 2 rings (SSSR count). The number of furan rings is 1. The van der Waals surface area contributed by atoms with E-state index in [1.807, 2.05) is 6.92 Å². The van der Waals surface area contributed by atoms with Gasteiger partial charge in [0, 0.05) is 12.0 Å². The highest BCUT2D eigenvalue weighted by atomic mass is 16.5. The van der Waals surface area contributed by atoms with Crippen LogP contribution in [0.2, 0.25) is 0 Å². The topological polar surface area (TPSA) is 79.3 Å². The molecule has 0 aromatic carbocycles. The van der Waals surface area contributed by atoms with Gasteiger partial charge in [-0.05, 0) is 26.0 Å². The molecule has 0 spiro atoms. The van der Waals surface area contributed by atoms with Gasteiger partial charge in [-0.25, -0.2) is 0 Å². The van der Waals surface area contributed by atoms with Crippen molar-refractivity contribution in [3.05, 3.63) is 40.7 Å². The molecule has 5 heteroatoms. The monoisotopic (exact) mass is 220 g/mol. The van der Waals surface area contributed by atoms with Crippen molar-refractivity contribution in [3.63, 3.8) is 0 Å². The van der Waals surface area contributed by atoms with Gasteiger partial charge in [0.1, 0.15) is 23.3 Å². The van der Waals surface area contributed by atoms with Gasteiger partial charge in [-0.15, -0.1) is 0 Å². The summed E-state index contributed by atoms with van der Waals surface area (Å²) in [5.74, 6) is -0.218. The zero-order valence-corrected chi connectivity index (χ0v) is 8.94. The maximum Gasteiger partial charge on any atom is 0.149 e.